The van der Waals surface area contributed by atoms with Gasteiger partial charge in [-0.15, -0.1) is 0 Å². The van der Waals surface area contributed by atoms with Gasteiger partial charge in [0.05, 0.1) is 10.8 Å². The topological polar surface area (TPSA) is 113 Å². The second kappa shape index (κ2) is 8.79. The van der Waals surface area contributed by atoms with Gasteiger partial charge in [0.15, 0.2) is 0 Å². The summed E-state index contributed by atoms with van der Waals surface area (Å²) in [6.45, 7) is 1.90. The predicted octanol–water partition coefficient (Wildman–Crippen LogP) is 1.58. The van der Waals surface area contributed by atoms with Crippen molar-refractivity contribution in [2.24, 2.45) is 5.92 Å². The maximum Gasteiger partial charge on any atom is 0.308 e. The molecule has 0 saturated heterocycles. The Labute approximate surface area is 158 Å². The number of benzene rings is 2. The van der Waals surface area contributed by atoms with E-state index in [9.17, 15) is 23.1 Å². The van der Waals surface area contributed by atoms with E-state index in [1.807, 2.05) is 31.2 Å². The van der Waals surface area contributed by atoms with Gasteiger partial charge >= 0.3 is 5.97 Å². The van der Waals surface area contributed by atoms with Crippen molar-refractivity contribution in [3.63, 3.8) is 0 Å². The molecule has 1 amide bonds. The van der Waals surface area contributed by atoms with E-state index < -0.39 is 27.8 Å². The maximum absolute atomic E-state index is 12.2. The molecule has 144 valence electrons. The Hall–Kier alpha value is -2.71. The smallest absolute Gasteiger partial charge is 0.308 e. The van der Waals surface area contributed by atoms with Crippen LogP contribution in [0, 0.1) is 12.8 Å². The predicted molar refractivity (Wildman–Crippen MR) is 101 cm³/mol. The van der Waals surface area contributed by atoms with Crippen molar-refractivity contribution in [3.8, 4) is 0 Å². The van der Waals surface area contributed by atoms with Crippen LogP contribution in [0.1, 0.15) is 21.5 Å². The van der Waals surface area contributed by atoms with Crippen LogP contribution < -0.4 is 10.0 Å². The van der Waals surface area contributed by atoms with Gasteiger partial charge in [0.2, 0.25) is 10.0 Å². The molecular weight excluding hydrogens is 368 g/mol. The van der Waals surface area contributed by atoms with Crippen molar-refractivity contribution < 1.29 is 23.1 Å². The number of aliphatic carboxylic acids is 1. The number of aryl methyl sites for hydroxylation is 1. The van der Waals surface area contributed by atoms with Crippen LogP contribution in [0.4, 0.5) is 0 Å². The van der Waals surface area contributed by atoms with Crippen molar-refractivity contribution >= 4 is 21.9 Å². The first-order valence-corrected chi connectivity index (χ1v) is 9.81. The number of carboxylic acid groups (broad SMARTS) is 1. The van der Waals surface area contributed by atoms with Crippen LogP contribution in [-0.4, -0.2) is 39.0 Å². The van der Waals surface area contributed by atoms with Crippen LogP contribution in [0.2, 0.25) is 0 Å². The van der Waals surface area contributed by atoms with E-state index >= 15 is 0 Å². The minimum Gasteiger partial charge on any atom is -0.481 e. The molecule has 27 heavy (non-hydrogen) atoms. The summed E-state index contributed by atoms with van der Waals surface area (Å²) in [6.07, 6.45) is 0.302. The zero-order chi connectivity index (χ0) is 20.0. The quantitative estimate of drug-likeness (QED) is 0.633. The second-order valence-electron chi connectivity index (χ2n) is 6.17. The number of hydrogen-bond acceptors (Lipinski definition) is 4. The molecule has 0 bridgehead atoms. The summed E-state index contributed by atoms with van der Waals surface area (Å²) in [7, 11) is -2.27. The molecule has 2 aromatic carbocycles. The molecule has 7 nitrogen and oxygen atoms in total. The number of carbonyl (C=O) groups excluding carboxylic acids is 1. The molecule has 0 aliphatic rings. The zero-order valence-corrected chi connectivity index (χ0v) is 15.9. The molecule has 0 fully saturated rings. The van der Waals surface area contributed by atoms with Gasteiger partial charge < -0.3 is 10.4 Å². The standard InChI is InChI=1S/C19H22N2O5S/c1-13-4-3-5-14(10-13)11-16(19(23)24)12-21-18(22)15-6-8-17(9-7-15)27(25,26)20-2/h3-10,16,20H,11-12H2,1-2H3,(H,21,22)(H,23,24). The largest absolute Gasteiger partial charge is 0.481 e. The van der Waals surface area contributed by atoms with E-state index in [1.165, 1.54) is 31.3 Å². The third-order valence-corrected chi connectivity index (χ3v) is 5.55. The lowest BCUT2D eigenvalue weighted by Crippen LogP contribution is -2.34. The van der Waals surface area contributed by atoms with Gasteiger partial charge in [0.25, 0.3) is 5.91 Å². The Balaban J connectivity index is 2.02. The van der Waals surface area contributed by atoms with Gasteiger partial charge in [0, 0.05) is 12.1 Å². The third kappa shape index (κ3) is 5.63. The number of carbonyl (C=O) groups is 2. The summed E-state index contributed by atoms with van der Waals surface area (Å²) in [6, 6.07) is 13.0. The van der Waals surface area contributed by atoms with Crippen LogP contribution in [0.25, 0.3) is 0 Å². The first-order chi connectivity index (χ1) is 12.7. The molecule has 0 aliphatic carbocycles. The molecule has 1 unspecified atom stereocenters. The number of hydrogen-bond donors (Lipinski definition) is 3. The maximum atomic E-state index is 12.2. The number of sulfonamides is 1. The molecule has 3 N–H and O–H groups in total. The van der Waals surface area contributed by atoms with Crippen LogP contribution >= 0.6 is 0 Å². The minimum absolute atomic E-state index is 0.0291. The fourth-order valence-electron chi connectivity index (χ4n) is 2.59. The first kappa shape index (κ1) is 20.6. The van der Waals surface area contributed by atoms with Crippen molar-refractivity contribution in [1.29, 1.82) is 0 Å². The van der Waals surface area contributed by atoms with Crippen molar-refractivity contribution in [3.05, 3.63) is 65.2 Å². The highest BCUT2D eigenvalue weighted by molar-refractivity contribution is 7.89. The van der Waals surface area contributed by atoms with Crippen LogP contribution in [0.3, 0.4) is 0 Å². The molecule has 0 saturated carbocycles. The summed E-state index contributed by atoms with van der Waals surface area (Å²) in [4.78, 5) is 23.8. The molecule has 0 aromatic heterocycles. The fourth-order valence-corrected chi connectivity index (χ4v) is 3.32. The monoisotopic (exact) mass is 390 g/mol. The van der Waals surface area contributed by atoms with E-state index in [2.05, 4.69) is 10.0 Å². The Morgan fingerprint density at radius 3 is 2.33 bits per heavy atom. The van der Waals surface area contributed by atoms with Gasteiger partial charge in [0.1, 0.15) is 0 Å². The molecule has 0 radical (unpaired) electrons. The molecule has 0 aliphatic heterocycles. The second-order valence-corrected chi connectivity index (χ2v) is 8.06. The third-order valence-electron chi connectivity index (χ3n) is 4.12. The van der Waals surface area contributed by atoms with Crippen molar-refractivity contribution in [1.82, 2.24) is 10.0 Å². The average molecular weight is 390 g/mol. The van der Waals surface area contributed by atoms with E-state index in [4.69, 9.17) is 0 Å². The summed E-state index contributed by atoms with van der Waals surface area (Å²) in [5, 5.41) is 12.0. The van der Waals surface area contributed by atoms with Crippen molar-refractivity contribution in [2.75, 3.05) is 13.6 Å². The van der Waals surface area contributed by atoms with Crippen molar-refractivity contribution in [2.45, 2.75) is 18.2 Å². The lowest BCUT2D eigenvalue weighted by atomic mass is 9.98. The molecule has 0 heterocycles. The van der Waals surface area contributed by atoms with E-state index in [-0.39, 0.29) is 17.0 Å². The molecule has 8 heteroatoms. The number of amides is 1. The van der Waals surface area contributed by atoms with Crippen LogP contribution in [0.5, 0.6) is 0 Å². The molecule has 2 aromatic rings. The number of carboxylic acids is 1. The molecule has 0 spiro atoms. The Bertz CT molecular complexity index is 923. The highest BCUT2D eigenvalue weighted by atomic mass is 32.2. The fraction of sp³-hybridized carbons (Fsp3) is 0.263. The van der Waals surface area contributed by atoms with Gasteiger partial charge in [-0.05, 0) is 50.2 Å². The Morgan fingerprint density at radius 1 is 1.11 bits per heavy atom. The minimum atomic E-state index is -3.58. The van der Waals surface area contributed by atoms with Crippen LogP contribution in [0.15, 0.2) is 53.4 Å². The highest BCUT2D eigenvalue weighted by Gasteiger charge is 2.20. The summed E-state index contributed by atoms with van der Waals surface area (Å²) in [5.41, 5.74) is 2.18. The van der Waals surface area contributed by atoms with E-state index in [0.717, 1.165) is 11.1 Å². The lowest BCUT2D eigenvalue weighted by Gasteiger charge is -2.14. The summed E-state index contributed by atoms with van der Waals surface area (Å²) < 4.78 is 25.6. The lowest BCUT2D eigenvalue weighted by molar-refractivity contribution is -0.141. The van der Waals surface area contributed by atoms with Gasteiger partial charge in [-0.3, -0.25) is 9.59 Å². The number of rotatable bonds is 8. The summed E-state index contributed by atoms with van der Waals surface area (Å²) >= 11 is 0. The van der Waals surface area contributed by atoms with Gasteiger partial charge in [-0.2, -0.15) is 0 Å². The van der Waals surface area contributed by atoms with E-state index in [0.29, 0.717) is 6.42 Å². The Morgan fingerprint density at radius 2 is 1.78 bits per heavy atom. The number of nitrogens with one attached hydrogen (secondary N) is 2. The molecule has 1 atom stereocenters. The van der Waals surface area contributed by atoms with Gasteiger partial charge in [-0.1, -0.05) is 29.8 Å². The zero-order valence-electron chi connectivity index (χ0n) is 15.1. The highest BCUT2D eigenvalue weighted by Crippen LogP contribution is 2.12. The van der Waals surface area contributed by atoms with E-state index in [1.54, 1.807) is 0 Å². The average Bonchev–Trinajstić information content (AvgIpc) is 2.64. The van der Waals surface area contributed by atoms with Crippen LogP contribution in [-0.2, 0) is 21.2 Å². The first-order valence-electron chi connectivity index (χ1n) is 8.33. The molecule has 2 rings (SSSR count). The summed E-state index contributed by atoms with van der Waals surface area (Å²) in [5.74, 6) is -2.22. The Kier molecular flexibility index (Phi) is 6.70. The molecular formula is C19H22N2O5S. The normalized spacial score (nSPS) is 12.4. The van der Waals surface area contributed by atoms with Gasteiger partial charge in [-0.25, -0.2) is 13.1 Å². The SMILES string of the molecule is CNS(=O)(=O)c1ccc(C(=O)NCC(Cc2cccc(C)c2)C(=O)O)cc1.